The molecule has 1 aromatic heterocycles. The zero-order valence-corrected chi connectivity index (χ0v) is 17.8. The number of rotatable bonds is 7. The van der Waals surface area contributed by atoms with Crippen LogP contribution >= 0.6 is 0 Å². The molecule has 33 heavy (non-hydrogen) atoms. The molecule has 5 aromatic rings. The fraction of sp³-hybridized carbons (Fsp3) is 0.0357. The highest BCUT2D eigenvalue weighted by atomic mass is 16.5. The van der Waals surface area contributed by atoms with Gasteiger partial charge in [-0.3, -0.25) is 0 Å². The molecule has 0 unspecified atom stereocenters. The van der Waals surface area contributed by atoms with Crippen molar-refractivity contribution in [2.24, 2.45) is 0 Å². The second-order valence-electron chi connectivity index (χ2n) is 7.72. The van der Waals surface area contributed by atoms with Crippen molar-refractivity contribution in [1.29, 1.82) is 0 Å². The van der Waals surface area contributed by atoms with Gasteiger partial charge in [-0.15, -0.1) is 0 Å². The number of carboxylic acid groups (broad SMARTS) is 1. The summed E-state index contributed by atoms with van der Waals surface area (Å²) < 4.78 is 8.00. The summed E-state index contributed by atoms with van der Waals surface area (Å²) in [5.74, 6) is 0.0975. The van der Waals surface area contributed by atoms with E-state index in [0.29, 0.717) is 17.2 Å². The third-order valence-corrected chi connectivity index (χ3v) is 5.48. The van der Waals surface area contributed by atoms with E-state index in [2.05, 4.69) is 34.3 Å². The van der Waals surface area contributed by atoms with Gasteiger partial charge in [0.05, 0.1) is 16.8 Å². The van der Waals surface area contributed by atoms with Gasteiger partial charge in [-0.25, -0.2) is 4.79 Å². The van der Waals surface area contributed by atoms with E-state index in [9.17, 15) is 9.90 Å². The van der Waals surface area contributed by atoms with Crippen molar-refractivity contribution >= 4 is 28.2 Å². The molecule has 0 aliphatic carbocycles. The van der Waals surface area contributed by atoms with Crippen LogP contribution < -0.4 is 10.1 Å². The van der Waals surface area contributed by atoms with E-state index in [-0.39, 0.29) is 5.56 Å². The van der Waals surface area contributed by atoms with Gasteiger partial charge < -0.3 is 19.7 Å². The Morgan fingerprint density at radius 3 is 2.30 bits per heavy atom. The van der Waals surface area contributed by atoms with E-state index in [1.807, 2.05) is 66.7 Å². The number of carboxylic acids is 1. The largest absolute Gasteiger partial charge is 0.478 e. The zero-order chi connectivity index (χ0) is 22.6. The SMILES string of the molecule is O=C(O)c1cc(Oc2ccccc2)ccc1Nc1cccc2c1ccn2Cc1ccccc1. The summed E-state index contributed by atoms with van der Waals surface area (Å²) in [5.41, 5.74) is 3.79. The molecule has 0 spiro atoms. The fourth-order valence-electron chi connectivity index (χ4n) is 3.89. The number of para-hydroxylation sites is 1. The summed E-state index contributed by atoms with van der Waals surface area (Å²) in [7, 11) is 0. The van der Waals surface area contributed by atoms with Gasteiger partial charge in [-0.1, -0.05) is 54.6 Å². The number of benzene rings is 4. The lowest BCUT2D eigenvalue weighted by Gasteiger charge is -2.13. The van der Waals surface area contributed by atoms with E-state index < -0.39 is 5.97 Å². The number of aromatic carboxylic acids is 1. The van der Waals surface area contributed by atoms with Crippen molar-refractivity contribution in [2.75, 3.05) is 5.32 Å². The first kappa shape index (κ1) is 20.4. The summed E-state index contributed by atoms with van der Waals surface area (Å²) in [6, 6.07) is 32.7. The maximum atomic E-state index is 12.0. The van der Waals surface area contributed by atoms with E-state index in [1.54, 1.807) is 18.2 Å². The highest BCUT2D eigenvalue weighted by Crippen LogP contribution is 2.32. The predicted molar refractivity (Wildman–Crippen MR) is 131 cm³/mol. The molecule has 0 saturated carbocycles. The highest BCUT2D eigenvalue weighted by molar-refractivity contribution is 5.99. The Hall–Kier alpha value is -4.51. The van der Waals surface area contributed by atoms with Crippen molar-refractivity contribution in [3.8, 4) is 11.5 Å². The normalized spacial score (nSPS) is 10.8. The summed E-state index contributed by atoms with van der Waals surface area (Å²) in [5, 5.41) is 14.2. The van der Waals surface area contributed by atoms with Crippen molar-refractivity contribution in [2.45, 2.75) is 6.54 Å². The van der Waals surface area contributed by atoms with Crippen LogP contribution in [0.4, 0.5) is 11.4 Å². The van der Waals surface area contributed by atoms with Crippen molar-refractivity contribution in [1.82, 2.24) is 4.57 Å². The van der Waals surface area contributed by atoms with E-state index >= 15 is 0 Å². The molecule has 5 heteroatoms. The molecule has 0 amide bonds. The third-order valence-electron chi connectivity index (χ3n) is 5.48. The number of fused-ring (bicyclic) bond motifs is 1. The summed E-state index contributed by atoms with van der Waals surface area (Å²) >= 11 is 0. The molecule has 0 bridgehead atoms. The quantitative estimate of drug-likeness (QED) is 0.292. The Kier molecular flexibility index (Phi) is 5.52. The molecule has 0 atom stereocenters. The Morgan fingerprint density at radius 2 is 1.55 bits per heavy atom. The molecular weight excluding hydrogens is 412 g/mol. The lowest BCUT2D eigenvalue weighted by Crippen LogP contribution is -2.03. The van der Waals surface area contributed by atoms with Crippen LogP contribution in [0.15, 0.2) is 109 Å². The Balaban J connectivity index is 1.45. The topological polar surface area (TPSA) is 63.5 Å². The zero-order valence-electron chi connectivity index (χ0n) is 17.8. The Morgan fingerprint density at radius 1 is 0.788 bits per heavy atom. The number of nitrogens with one attached hydrogen (secondary N) is 1. The van der Waals surface area contributed by atoms with Crippen LogP contribution in [0.1, 0.15) is 15.9 Å². The van der Waals surface area contributed by atoms with Gasteiger partial charge in [-0.2, -0.15) is 0 Å². The minimum absolute atomic E-state index is 0.143. The number of hydrogen-bond acceptors (Lipinski definition) is 3. The smallest absolute Gasteiger partial charge is 0.337 e. The summed E-state index contributed by atoms with van der Waals surface area (Å²) in [6.45, 7) is 0.764. The Bertz CT molecular complexity index is 1410. The van der Waals surface area contributed by atoms with Crippen LogP contribution in [0.2, 0.25) is 0 Å². The molecule has 4 aromatic carbocycles. The molecule has 0 radical (unpaired) electrons. The molecular formula is C28H22N2O3. The number of nitrogens with zero attached hydrogens (tertiary/aromatic N) is 1. The molecule has 2 N–H and O–H groups in total. The van der Waals surface area contributed by atoms with Crippen molar-refractivity contribution < 1.29 is 14.6 Å². The maximum Gasteiger partial charge on any atom is 0.337 e. The molecule has 5 nitrogen and oxygen atoms in total. The van der Waals surface area contributed by atoms with E-state index in [0.717, 1.165) is 23.1 Å². The maximum absolute atomic E-state index is 12.0. The van der Waals surface area contributed by atoms with Crippen LogP contribution in [0.25, 0.3) is 10.9 Å². The van der Waals surface area contributed by atoms with Gasteiger partial charge in [0.2, 0.25) is 0 Å². The van der Waals surface area contributed by atoms with E-state index in [1.165, 1.54) is 5.56 Å². The van der Waals surface area contributed by atoms with Gasteiger partial charge >= 0.3 is 5.97 Å². The molecule has 0 fully saturated rings. The first-order valence-corrected chi connectivity index (χ1v) is 10.7. The summed E-state index contributed by atoms with van der Waals surface area (Å²) in [4.78, 5) is 12.0. The number of carbonyl (C=O) groups is 1. The van der Waals surface area contributed by atoms with E-state index in [4.69, 9.17) is 4.74 Å². The average Bonchev–Trinajstić information content (AvgIpc) is 3.25. The second-order valence-corrected chi connectivity index (χ2v) is 7.72. The second kappa shape index (κ2) is 8.93. The molecule has 0 aliphatic heterocycles. The highest BCUT2D eigenvalue weighted by Gasteiger charge is 2.14. The molecule has 0 aliphatic rings. The minimum atomic E-state index is -1.02. The van der Waals surface area contributed by atoms with Gasteiger partial charge in [0.25, 0.3) is 0 Å². The molecule has 5 rings (SSSR count). The van der Waals surface area contributed by atoms with Gasteiger partial charge in [0.15, 0.2) is 0 Å². The predicted octanol–water partition coefficient (Wildman–Crippen LogP) is 6.92. The molecule has 0 saturated heterocycles. The van der Waals surface area contributed by atoms with Crippen LogP contribution in [0.5, 0.6) is 11.5 Å². The standard InChI is InChI=1S/C28H22N2O3/c31-28(32)24-18-22(33-21-10-5-2-6-11-21)14-15-26(24)29-25-12-7-13-27-23(25)16-17-30(27)19-20-8-3-1-4-9-20/h1-18,29H,19H2,(H,31,32). The number of anilines is 2. The van der Waals surface area contributed by atoms with Crippen LogP contribution in [-0.2, 0) is 6.54 Å². The van der Waals surface area contributed by atoms with Crippen molar-refractivity contribution in [3.63, 3.8) is 0 Å². The monoisotopic (exact) mass is 434 g/mol. The number of hydrogen-bond donors (Lipinski definition) is 2. The lowest BCUT2D eigenvalue weighted by molar-refractivity contribution is 0.0697. The summed E-state index contributed by atoms with van der Waals surface area (Å²) in [6.07, 6.45) is 2.05. The number of ether oxygens (including phenoxy) is 1. The minimum Gasteiger partial charge on any atom is -0.478 e. The van der Waals surface area contributed by atoms with Crippen LogP contribution in [-0.4, -0.2) is 15.6 Å². The van der Waals surface area contributed by atoms with Crippen LogP contribution in [0.3, 0.4) is 0 Å². The Labute approximate surface area is 191 Å². The average molecular weight is 434 g/mol. The first-order chi connectivity index (χ1) is 16.2. The molecule has 162 valence electrons. The van der Waals surface area contributed by atoms with Gasteiger partial charge in [0.1, 0.15) is 11.5 Å². The number of aromatic nitrogens is 1. The van der Waals surface area contributed by atoms with Gasteiger partial charge in [-0.05, 0) is 54.1 Å². The van der Waals surface area contributed by atoms with Crippen LogP contribution in [0, 0.1) is 0 Å². The lowest BCUT2D eigenvalue weighted by atomic mass is 10.1. The third kappa shape index (κ3) is 4.43. The van der Waals surface area contributed by atoms with Gasteiger partial charge in [0, 0.05) is 23.8 Å². The fourth-order valence-corrected chi connectivity index (χ4v) is 3.89. The molecule has 1 heterocycles. The van der Waals surface area contributed by atoms with Crippen molar-refractivity contribution in [3.05, 3.63) is 120 Å². The first-order valence-electron chi connectivity index (χ1n) is 10.7.